The molecule has 0 aromatic rings. The summed E-state index contributed by atoms with van der Waals surface area (Å²) in [6, 6.07) is 0. The van der Waals surface area contributed by atoms with Gasteiger partial charge in [0.1, 0.15) is 13.1 Å². The van der Waals surface area contributed by atoms with Gasteiger partial charge in [0.15, 0.2) is 0 Å². The van der Waals surface area contributed by atoms with Crippen molar-refractivity contribution in [3.05, 3.63) is 57.8 Å². The van der Waals surface area contributed by atoms with E-state index < -0.39 is 0 Å². The highest BCUT2D eigenvalue weighted by Gasteiger charge is 2.18. The van der Waals surface area contributed by atoms with Crippen molar-refractivity contribution in [2.75, 3.05) is 27.2 Å². The summed E-state index contributed by atoms with van der Waals surface area (Å²) < 4.78 is 0. The summed E-state index contributed by atoms with van der Waals surface area (Å²) in [5.41, 5.74) is 2.92. The first-order valence-electron chi connectivity index (χ1n) is 6.27. The van der Waals surface area contributed by atoms with Crippen molar-refractivity contribution in [3.8, 4) is 0 Å². The summed E-state index contributed by atoms with van der Waals surface area (Å²) in [6.07, 6.45) is 4.93. The number of hydrogen-bond acceptors (Lipinski definition) is 2. The fraction of sp³-hybridized carbons (Fsp3) is 0.467. The van der Waals surface area contributed by atoms with Gasteiger partial charge in [-0.15, -0.1) is 0 Å². The minimum atomic E-state index is 0.145. The molecule has 0 fully saturated rings. The van der Waals surface area contributed by atoms with Crippen molar-refractivity contribution in [2.24, 2.45) is 0 Å². The van der Waals surface area contributed by atoms with Crippen molar-refractivity contribution in [2.45, 2.75) is 20.3 Å². The number of rotatable bonds is 4. The molecule has 0 aromatic carbocycles. The van der Waals surface area contributed by atoms with Crippen LogP contribution in [0, 0.1) is 13.1 Å². The molecule has 4 nitrogen and oxygen atoms in total. The van der Waals surface area contributed by atoms with Crippen molar-refractivity contribution in [1.29, 1.82) is 0 Å². The number of nitrogens with zero attached hydrogens (tertiary/aromatic N) is 4. The lowest BCUT2D eigenvalue weighted by atomic mass is 10.1. The van der Waals surface area contributed by atoms with E-state index in [4.69, 9.17) is 13.1 Å². The Labute approximate surface area is 115 Å². The quantitative estimate of drug-likeness (QED) is 0.718. The Morgan fingerprint density at radius 3 is 2.11 bits per heavy atom. The highest BCUT2D eigenvalue weighted by atomic mass is 15.2. The first-order valence-corrected chi connectivity index (χ1v) is 6.27. The second-order valence-corrected chi connectivity index (χ2v) is 4.88. The van der Waals surface area contributed by atoms with Crippen molar-refractivity contribution >= 4 is 0 Å². The van der Waals surface area contributed by atoms with Crippen LogP contribution in [0.2, 0.25) is 0 Å². The molecule has 0 amide bonds. The highest BCUT2D eigenvalue weighted by Crippen LogP contribution is 2.25. The first kappa shape index (κ1) is 15.0. The predicted molar refractivity (Wildman–Crippen MR) is 77.6 cm³/mol. The fourth-order valence-electron chi connectivity index (χ4n) is 2.11. The van der Waals surface area contributed by atoms with Crippen molar-refractivity contribution in [1.82, 2.24) is 9.80 Å². The molecule has 1 aliphatic heterocycles. The Morgan fingerprint density at radius 2 is 1.68 bits per heavy atom. The third-order valence-electron chi connectivity index (χ3n) is 3.04. The first-order chi connectivity index (χ1) is 8.99. The molecule has 1 heterocycles. The zero-order valence-electron chi connectivity index (χ0n) is 12.1. The van der Waals surface area contributed by atoms with Gasteiger partial charge in [0.2, 0.25) is 0 Å². The minimum absolute atomic E-state index is 0.145. The van der Waals surface area contributed by atoms with Gasteiger partial charge in [-0.3, -0.25) is 0 Å². The Bertz CT molecular complexity index is 471. The normalized spacial score (nSPS) is 14.7. The van der Waals surface area contributed by atoms with Gasteiger partial charge < -0.3 is 9.80 Å². The lowest BCUT2D eigenvalue weighted by Gasteiger charge is -2.29. The number of allylic oxidation sites excluding steroid dienone is 5. The molecule has 4 heteroatoms. The van der Waals surface area contributed by atoms with Gasteiger partial charge in [-0.05, 0) is 53.1 Å². The zero-order chi connectivity index (χ0) is 14.4. The minimum Gasteiger partial charge on any atom is -0.349 e. The van der Waals surface area contributed by atoms with E-state index in [1.807, 2.05) is 26.0 Å². The average Bonchev–Trinajstić information content (AvgIpc) is 2.34. The third kappa shape index (κ3) is 3.98. The van der Waals surface area contributed by atoms with E-state index in [1.54, 1.807) is 0 Å². The van der Waals surface area contributed by atoms with Gasteiger partial charge in [-0.1, -0.05) is 0 Å². The highest BCUT2D eigenvalue weighted by molar-refractivity contribution is 5.46. The molecule has 1 rings (SSSR count). The second-order valence-electron chi connectivity index (χ2n) is 4.88. The molecule has 0 saturated carbocycles. The van der Waals surface area contributed by atoms with Crippen molar-refractivity contribution < 1.29 is 0 Å². The van der Waals surface area contributed by atoms with E-state index in [0.29, 0.717) is 0 Å². The molecule has 100 valence electrons. The summed E-state index contributed by atoms with van der Waals surface area (Å²) in [6.45, 7) is 20.1. The van der Waals surface area contributed by atoms with E-state index in [-0.39, 0.29) is 5.82 Å². The molecule has 19 heavy (non-hydrogen) atoms. The van der Waals surface area contributed by atoms with Crippen LogP contribution >= 0.6 is 0 Å². The summed E-state index contributed by atoms with van der Waals surface area (Å²) >= 11 is 0. The van der Waals surface area contributed by atoms with Crippen LogP contribution in [0.5, 0.6) is 0 Å². The summed E-state index contributed by atoms with van der Waals surface area (Å²) in [4.78, 5) is 10.9. The predicted octanol–water partition coefficient (Wildman–Crippen LogP) is 3.11. The molecular weight excluding hydrogens is 236 g/mol. The van der Waals surface area contributed by atoms with E-state index in [2.05, 4.69) is 33.6 Å². The Morgan fingerprint density at radius 1 is 1.16 bits per heavy atom. The maximum atomic E-state index is 7.01. The molecular formula is C15H20N4. The lowest BCUT2D eigenvalue weighted by molar-refractivity contribution is 0.348. The smallest absolute Gasteiger partial charge is 0.349 e. The van der Waals surface area contributed by atoms with E-state index >= 15 is 0 Å². The van der Waals surface area contributed by atoms with Gasteiger partial charge >= 0.3 is 5.82 Å². The van der Waals surface area contributed by atoms with E-state index in [0.717, 1.165) is 36.5 Å². The molecule has 0 unspecified atom stereocenters. The molecule has 0 N–H and O–H groups in total. The van der Waals surface area contributed by atoms with Gasteiger partial charge in [0.05, 0.1) is 5.57 Å². The van der Waals surface area contributed by atoms with Crippen LogP contribution < -0.4 is 0 Å². The Hall–Kier alpha value is -2.04. The maximum Gasteiger partial charge on any atom is 0.526 e. The summed E-state index contributed by atoms with van der Waals surface area (Å²) in [7, 11) is 4.14. The van der Waals surface area contributed by atoms with Crippen LogP contribution in [0.4, 0.5) is 0 Å². The lowest BCUT2D eigenvalue weighted by Crippen LogP contribution is -2.26. The van der Waals surface area contributed by atoms with Gasteiger partial charge in [0.25, 0.3) is 0 Å². The molecule has 0 aliphatic carbocycles. The molecule has 0 saturated heterocycles. The zero-order valence-corrected chi connectivity index (χ0v) is 12.1. The molecule has 0 atom stereocenters. The standard InChI is InChI=1S/C15H20N4/c1-12-10-14(15(16-3)17-4)11-13(2)19(12)9-7-8-18(5)6/h10-11H,7-9H2,1-2,5-6H3. The van der Waals surface area contributed by atoms with Gasteiger partial charge in [-0.25, -0.2) is 0 Å². The van der Waals surface area contributed by atoms with Crippen LogP contribution in [0.3, 0.4) is 0 Å². The van der Waals surface area contributed by atoms with E-state index in [9.17, 15) is 0 Å². The summed E-state index contributed by atoms with van der Waals surface area (Å²) in [5.74, 6) is 0.145. The topological polar surface area (TPSA) is 15.2 Å². The van der Waals surface area contributed by atoms with Crippen LogP contribution in [0.15, 0.2) is 34.9 Å². The second kappa shape index (κ2) is 6.78. The van der Waals surface area contributed by atoms with Crippen molar-refractivity contribution in [3.63, 3.8) is 0 Å². The Balaban J connectivity index is 2.86. The van der Waals surface area contributed by atoms with Crippen LogP contribution in [-0.2, 0) is 0 Å². The molecule has 1 aliphatic rings. The largest absolute Gasteiger partial charge is 0.526 e. The van der Waals surface area contributed by atoms with Crippen LogP contribution in [0.1, 0.15) is 20.3 Å². The average molecular weight is 256 g/mol. The summed E-state index contributed by atoms with van der Waals surface area (Å²) in [5, 5.41) is 0. The third-order valence-corrected chi connectivity index (χ3v) is 3.04. The van der Waals surface area contributed by atoms with E-state index in [1.165, 1.54) is 0 Å². The molecule has 0 bridgehead atoms. The van der Waals surface area contributed by atoms with Gasteiger partial charge in [0, 0.05) is 17.9 Å². The monoisotopic (exact) mass is 256 g/mol. The Kier molecular flexibility index (Phi) is 5.36. The molecule has 0 radical (unpaired) electrons. The van der Waals surface area contributed by atoms with Crippen LogP contribution in [0.25, 0.3) is 9.69 Å². The SMILES string of the molecule is [C-]#[N+]C([N+]#[C-])=C1C=C(C)N(CCCN(C)C)C(C)=C1. The van der Waals surface area contributed by atoms with Gasteiger partial charge in [-0.2, -0.15) is 9.69 Å². The number of hydrogen-bond donors (Lipinski definition) is 0. The molecule has 0 aromatic heterocycles. The van der Waals surface area contributed by atoms with Crippen LogP contribution in [-0.4, -0.2) is 37.0 Å². The molecule has 0 spiro atoms. The fourth-order valence-corrected chi connectivity index (χ4v) is 2.11. The maximum absolute atomic E-state index is 7.01.